The van der Waals surface area contributed by atoms with Crippen LogP contribution in [0.4, 0.5) is 0 Å². The van der Waals surface area contributed by atoms with Crippen LogP contribution in [0.15, 0.2) is 30.3 Å². The lowest BCUT2D eigenvalue weighted by molar-refractivity contribution is -0.168. The van der Waals surface area contributed by atoms with Crippen LogP contribution in [0.2, 0.25) is 0 Å². The monoisotopic (exact) mass is 303 g/mol. The van der Waals surface area contributed by atoms with E-state index in [0.29, 0.717) is 6.42 Å². The highest BCUT2D eigenvalue weighted by Crippen LogP contribution is 2.39. The van der Waals surface area contributed by atoms with E-state index in [1.54, 1.807) is 0 Å². The molecule has 0 bridgehead atoms. The lowest BCUT2D eigenvalue weighted by Crippen LogP contribution is -2.62. The molecule has 2 fully saturated rings. The first-order valence-corrected chi connectivity index (χ1v) is 7.30. The molecule has 2 unspecified atom stereocenters. The summed E-state index contributed by atoms with van der Waals surface area (Å²) in [5.41, 5.74) is 0.825. The number of esters is 1. The minimum atomic E-state index is -1.11. The zero-order chi connectivity index (χ0) is 15.7. The van der Waals surface area contributed by atoms with Gasteiger partial charge in [0.25, 0.3) is 0 Å². The average Bonchev–Trinajstić information content (AvgIpc) is 2.85. The number of fused-ring (bicyclic) bond motifs is 1. The molecule has 0 radical (unpaired) electrons. The summed E-state index contributed by atoms with van der Waals surface area (Å²) >= 11 is 0. The Morgan fingerprint density at radius 3 is 2.68 bits per heavy atom. The van der Waals surface area contributed by atoms with E-state index in [2.05, 4.69) is 0 Å². The van der Waals surface area contributed by atoms with E-state index < -0.39 is 12.0 Å². The Kier molecular flexibility index (Phi) is 3.94. The third-order valence-electron chi connectivity index (χ3n) is 4.27. The molecule has 0 aromatic heterocycles. The zero-order valence-corrected chi connectivity index (χ0v) is 12.0. The van der Waals surface area contributed by atoms with Crippen LogP contribution in [-0.2, 0) is 25.7 Å². The number of hydrogen-bond acceptors (Lipinski definition) is 5. The predicted octanol–water partition coefficient (Wildman–Crippen LogP) is 0.281. The van der Waals surface area contributed by atoms with Gasteiger partial charge < -0.3 is 14.7 Å². The van der Waals surface area contributed by atoms with Gasteiger partial charge in [0, 0.05) is 13.0 Å². The van der Waals surface area contributed by atoms with Crippen LogP contribution >= 0.6 is 0 Å². The fourth-order valence-corrected chi connectivity index (χ4v) is 3.17. The van der Waals surface area contributed by atoms with Crippen LogP contribution in [0.5, 0.6) is 0 Å². The number of rotatable bonds is 5. The van der Waals surface area contributed by atoms with Crippen molar-refractivity contribution in [2.75, 3.05) is 6.61 Å². The van der Waals surface area contributed by atoms with Crippen LogP contribution < -0.4 is 0 Å². The van der Waals surface area contributed by atoms with Gasteiger partial charge in [-0.15, -0.1) is 0 Å². The first kappa shape index (κ1) is 14.7. The van der Waals surface area contributed by atoms with Crippen molar-refractivity contribution in [2.45, 2.75) is 31.5 Å². The van der Waals surface area contributed by atoms with Crippen molar-refractivity contribution < 1.29 is 24.2 Å². The molecule has 2 saturated heterocycles. The normalized spacial score (nSPS) is 26.6. The van der Waals surface area contributed by atoms with Gasteiger partial charge in [-0.2, -0.15) is 0 Å². The maximum absolute atomic E-state index is 12.1. The van der Waals surface area contributed by atoms with Gasteiger partial charge in [0.1, 0.15) is 6.61 Å². The maximum atomic E-state index is 12.1. The maximum Gasteiger partial charge on any atom is 0.337 e. The molecule has 116 valence electrons. The molecule has 2 aliphatic heterocycles. The highest BCUT2D eigenvalue weighted by Gasteiger charge is 2.59. The van der Waals surface area contributed by atoms with Gasteiger partial charge in [-0.1, -0.05) is 30.3 Å². The van der Waals surface area contributed by atoms with E-state index in [9.17, 15) is 14.4 Å². The molecule has 2 aliphatic rings. The summed E-state index contributed by atoms with van der Waals surface area (Å²) in [4.78, 5) is 37.5. The number of Topliss-reactive ketones (excluding diaryl/α,β-unsaturated/α-hetero) is 1. The molecule has 6 heteroatoms. The van der Waals surface area contributed by atoms with Crippen molar-refractivity contribution in [3.05, 3.63) is 35.9 Å². The third-order valence-corrected chi connectivity index (χ3v) is 4.27. The van der Waals surface area contributed by atoms with E-state index >= 15 is 0 Å². The van der Waals surface area contributed by atoms with E-state index in [0.717, 1.165) is 5.56 Å². The first-order chi connectivity index (χ1) is 10.6. The second-order valence-electron chi connectivity index (χ2n) is 5.60. The van der Waals surface area contributed by atoms with E-state index in [-0.39, 0.29) is 43.3 Å². The summed E-state index contributed by atoms with van der Waals surface area (Å²) in [6.45, 7) is -0.0196. The summed E-state index contributed by atoms with van der Waals surface area (Å²) < 4.78 is 5.18. The summed E-state index contributed by atoms with van der Waals surface area (Å²) in [5.74, 6) is -1.54. The lowest BCUT2D eigenvalue weighted by atomic mass is 9.85. The summed E-state index contributed by atoms with van der Waals surface area (Å²) in [7, 11) is 0. The molecule has 0 saturated carbocycles. The van der Waals surface area contributed by atoms with Crippen molar-refractivity contribution in [3.8, 4) is 0 Å². The summed E-state index contributed by atoms with van der Waals surface area (Å²) in [6.07, 6.45) is 0.501. The van der Waals surface area contributed by atoms with Gasteiger partial charge in [-0.3, -0.25) is 9.59 Å². The minimum Gasteiger partial charge on any atom is -0.459 e. The molecular formula is C16H17NO5. The largest absolute Gasteiger partial charge is 0.459 e. The number of nitrogens with zero attached hydrogens (tertiary/aromatic N) is 1. The second-order valence-corrected chi connectivity index (χ2v) is 5.60. The third kappa shape index (κ3) is 2.39. The SMILES string of the molecule is O=C1CC2C(CCO)C(=O)N2[C@H]1C(=O)OCc1ccccc1. The van der Waals surface area contributed by atoms with Gasteiger partial charge in [0.2, 0.25) is 5.91 Å². The van der Waals surface area contributed by atoms with Crippen LogP contribution in [0, 0.1) is 5.92 Å². The van der Waals surface area contributed by atoms with E-state index in [1.807, 2.05) is 30.3 Å². The molecule has 6 nitrogen and oxygen atoms in total. The fourth-order valence-electron chi connectivity index (χ4n) is 3.17. The molecule has 2 heterocycles. The number of ether oxygens (including phenoxy) is 1. The smallest absolute Gasteiger partial charge is 0.337 e. The Hall–Kier alpha value is -2.21. The van der Waals surface area contributed by atoms with Crippen LogP contribution in [0.1, 0.15) is 18.4 Å². The van der Waals surface area contributed by atoms with Gasteiger partial charge in [-0.25, -0.2) is 4.79 Å². The standard InChI is InChI=1S/C16H17NO5/c18-7-6-11-12-8-13(19)14(17(12)15(11)20)16(21)22-9-10-4-2-1-3-5-10/h1-5,11-12,14,18H,6-9H2/t11?,12?,14-/m1/s1. The number of aliphatic hydroxyl groups is 1. The number of carbonyl (C=O) groups is 3. The van der Waals surface area contributed by atoms with Crippen LogP contribution in [-0.4, -0.2) is 46.4 Å². The van der Waals surface area contributed by atoms with Crippen molar-refractivity contribution in [2.24, 2.45) is 5.92 Å². The highest BCUT2D eigenvalue weighted by atomic mass is 16.5. The number of amides is 1. The molecular weight excluding hydrogens is 286 g/mol. The Morgan fingerprint density at radius 2 is 2.00 bits per heavy atom. The number of β-lactam (4-membered cyclic amide) rings is 1. The molecule has 3 atom stereocenters. The molecule has 1 N–H and O–H groups in total. The van der Waals surface area contributed by atoms with Crippen molar-refractivity contribution >= 4 is 17.7 Å². The van der Waals surface area contributed by atoms with Gasteiger partial charge >= 0.3 is 5.97 Å². The van der Waals surface area contributed by atoms with Crippen LogP contribution in [0.3, 0.4) is 0 Å². The fraction of sp³-hybridized carbons (Fsp3) is 0.438. The number of hydrogen-bond donors (Lipinski definition) is 1. The minimum absolute atomic E-state index is 0.0796. The molecule has 1 amide bonds. The number of ketones is 1. The van der Waals surface area contributed by atoms with Gasteiger partial charge in [0.15, 0.2) is 11.8 Å². The number of carbonyl (C=O) groups excluding carboxylic acids is 3. The summed E-state index contributed by atoms with van der Waals surface area (Å²) in [6, 6.07) is 7.78. The average molecular weight is 303 g/mol. The van der Waals surface area contributed by atoms with Crippen molar-refractivity contribution in [1.82, 2.24) is 4.90 Å². The number of aliphatic hydroxyl groups excluding tert-OH is 1. The Labute approximate surface area is 127 Å². The molecule has 1 aromatic rings. The molecule has 3 rings (SSSR count). The first-order valence-electron chi connectivity index (χ1n) is 7.30. The molecule has 22 heavy (non-hydrogen) atoms. The van der Waals surface area contributed by atoms with Crippen molar-refractivity contribution in [1.29, 1.82) is 0 Å². The molecule has 0 spiro atoms. The van der Waals surface area contributed by atoms with Crippen molar-refractivity contribution in [3.63, 3.8) is 0 Å². The second kappa shape index (κ2) is 5.88. The zero-order valence-electron chi connectivity index (χ0n) is 12.0. The molecule has 1 aromatic carbocycles. The van der Waals surface area contributed by atoms with Gasteiger partial charge in [-0.05, 0) is 12.0 Å². The Morgan fingerprint density at radius 1 is 1.27 bits per heavy atom. The quantitative estimate of drug-likeness (QED) is 0.480. The molecule has 0 aliphatic carbocycles. The predicted molar refractivity (Wildman–Crippen MR) is 75.5 cm³/mol. The van der Waals surface area contributed by atoms with Crippen LogP contribution in [0.25, 0.3) is 0 Å². The Bertz CT molecular complexity index is 600. The summed E-state index contributed by atoms with van der Waals surface area (Å²) in [5, 5.41) is 8.94. The highest BCUT2D eigenvalue weighted by molar-refractivity contribution is 6.11. The number of benzene rings is 1. The Balaban J connectivity index is 1.63. The topological polar surface area (TPSA) is 83.9 Å². The van der Waals surface area contributed by atoms with Gasteiger partial charge in [0.05, 0.1) is 12.0 Å². The van der Waals surface area contributed by atoms with E-state index in [4.69, 9.17) is 9.84 Å². The van der Waals surface area contributed by atoms with E-state index in [1.165, 1.54) is 4.90 Å². The lowest BCUT2D eigenvalue weighted by Gasteiger charge is -2.43.